The van der Waals surface area contributed by atoms with Crippen LogP contribution in [0.5, 0.6) is 0 Å². The molecule has 0 aromatic carbocycles. The molecule has 6 nitrogen and oxygen atoms in total. The molecule has 184 valence electrons. The molecule has 0 aliphatic carbocycles. The van der Waals surface area contributed by atoms with Gasteiger partial charge in [0, 0.05) is 19.9 Å². The van der Waals surface area contributed by atoms with Crippen molar-refractivity contribution in [3.63, 3.8) is 0 Å². The average Bonchev–Trinajstić information content (AvgIpc) is 2.81. The summed E-state index contributed by atoms with van der Waals surface area (Å²) in [5.41, 5.74) is 1.90. The minimum Gasteiger partial charge on any atom is -0.462 e. The number of nitrogens with zero attached hydrogens (tertiary/aromatic N) is 1. The minimum absolute atomic E-state index is 0.248. The molecule has 0 aromatic heterocycles. The molecule has 0 spiro atoms. The third-order valence-electron chi connectivity index (χ3n) is 6.38. The lowest BCUT2D eigenvalue weighted by Crippen LogP contribution is -2.44. The quantitative estimate of drug-likeness (QED) is 0.323. The Kier molecular flexibility index (Phi) is 12.2. The van der Waals surface area contributed by atoms with Crippen LogP contribution in [0.15, 0.2) is 23.3 Å². The first kappa shape index (κ1) is 28.4. The van der Waals surface area contributed by atoms with Gasteiger partial charge in [-0.3, -0.25) is 9.59 Å². The van der Waals surface area contributed by atoms with Crippen molar-refractivity contribution in [3.8, 4) is 0 Å². The highest BCUT2D eigenvalue weighted by Crippen LogP contribution is 2.34. The standard InChI is InChI=1S/C26H45NO5/c1-19(2)11-13-24(27(7)8)20(3)10-9-16-26(6)25(32-22(5)29)14-12-23(18-31-26)15-17-30-21(4)28/h11,15,20,24-25H,9-10,12-14,16-18H2,1-8H3/t20?,24?,25-,26+/m1/s1. The van der Waals surface area contributed by atoms with Crippen molar-refractivity contribution in [2.75, 3.05) is 27.3 Å². The van der Waals surface area contributed by atoms with Crippen molar-refractivity contribution < 1.29 is 23.8 Å². The summed E-state index contributed by atoms with van der Waals surface area (Å²) in [7, 11) is 4.30. The third kappa shape index (κ3) is 10.3. The largest absolute Gasteiger partial charge is 0.462 e. The monoisotopic (exact) mass is 451 g/mol. The predicted molar refractivity (Wildman–Crippen MR) is 128 cm³/mol. The molecule has 1 rings (SSSR count). The van der Waals surface area contributed by atoms with Gasteiger partial charge in [0.1, 0.15) is 18.3 Å². The Balaban J connectivity index is 2.79. The maximum atomic E-state index is 11.8. The van der Waals surface area contributed by atoms with Crippen LogP contribution in [0, 0.1) is 5.92 Å². The summed E-state index contributed by atoms with van der Waals surface area (Å²) >= 11 is 0. The normalized spacial score (nSPS) is 24.5. The Bertz CT molecular complexity index is 665. The molecule has 1 aliphatic rings. The van der Waals surface area contributed by atoms with E-state index in [4.69, 9.17) is 14.2 Å². The fourth-order valence-corrected chi connectivity index (χ4v) is 4.38. The van der Waals surface area contributed by atoms with Gasteiger partial charge in [-0.2, -0.15) is 0 Å². The van der Waals surface area contributed by atoms with E-state index in [1.54, 1.807) is 0 Å². The Morgan fingerprint density at radius 1 is 1.22 bits per heavy atom. The first-order chi connectivity index (χ1) is 14.9. The molecule has 2 unspecified atom stereocenters. The van der Waals surface area contributed by atoms with Crippen LogP contribution in [0.1, 0.15) is 80.1 Å². The smallest absolute Gasteiger partial charge is 0.303 e. The van der Waals surface area contributed by atoms with Crippen LogP contribution in [-0.2, 0) is 23.8 Å². The van der Waals surface area contributed by atoms with Gasteiger partial charge in [-0.15, -0.1) is 0 Å². The van der Waals surface area contributed by atoms with Crippen molar-refractivity contribution in [2.24, 2.45) is 5.92 Å². The summed E-state index contributed by atoms with van der Waals surface area (Å²) in [5.74, 6) is -0.0324. The number of ether oxygens (including phenoxy) is 3. The molecule has 1 saturated heterocycles. The highest BCUT2D eigenvalue weighted by Gasteiger charge is 2.39. The Morgan fingerprint density at radius 2 is 1.91 bits per heavy atom. The van der Waals surface area contributed by atoms with Gasteiger partial charge in [0.15, 0.2) is 0 Å². The van der Waals surface area contributed by atoms with E-state index in [-0.39, 0.29) is 24.6 Å². The van der Waals surface area contributed by atoms with Gasteiger partial charge in [0.25, 0.3) is 0 Å². The van der Waals surface area contributed by atoms with Crippen LogP contribution in [-0.4, -0.2) is 61.9 Å². The lowest BCUT2D eigenvalue weighted by Gasteiger charge is -2.36. The topological polar surface area (TPSA) is 65.1 Å². The zero-order chi connectivity index (χ0) is 24.3. The van der Waals surface area contributed by atoms with Crippen molar-refractivity contribution in [1.29, 1.82) is 0 Å². The zero-order valence-corrected chi connectivity index (χ0v) is 21.5. The Morgan fingerprint density at radius 3 is 2.47 bits per heavy atom. The second-order valence-electron chi connectivity index (χ2n) is 9.82. The van der Waals surface area contributed by atoms with Crippen molar-refractivity contribution in [2.45, 2.75) is 97.8 Å². The first-order valence-corrected chi connectivity index (χ1v) is 11.9. The molecule has 1 fully saturated rings. The van der Waals surface area contributed by atoms with E-state index >= 15 is 0 Å². The minimum atomic E-state index is -0.532. The molecule has 1 heterocycles. The molecule has 0 radical (unpaired) electrons. The third-order valence-corrected chi connectivity index (χ3v) is 6.38. The van der Waals surface area contributed by atoms with Gasteiger partial charge in [0.2, 0.25) is 0 Å². The molecule has 0 saturated carbocycles. The number of rotatable bonds is 11. The lowest BCUT2D eigenvalue weighted by molar-refractivity contribution is -0.167. The van der Waals surface area contributed by atoms with E-state index in [1.165, 1.54) is 19.4 Å². The van der Waals surface area contributed by atoms with Gasteiger partial charge in [0.05, 0.1) is 6.61 Å². The maximum Gasteiger partial charge on any atom is 0.303 e. The van der Waals surface area contributed by atoms with E-state index in [0.717, 1.165) is 37.7 Å². The molecule has 32 heavy (non-hydrogen) atoms. The fourth-order valence-electron chi connectivity index (χ4n) is 4.38. The van der Waals surface area contributed by atoms with Crippen molar-refractivity contribution >= 4 is 11.9 Å². The summed E-state index contributed by atoms with van der Waals surface area (Å²) in [5, 5.41) is 0. The number of esters is 2. The summed E-state index contributed by atoms with van der Waals surface area (Å²) in [4.78, 5) is 25.1. The van der Waals surface area contributed by atoms with Gasteiger partial charge in [-0.05, 0) is 84.5 Å². The number of hydrogen-bond acceptors (Lipinski definition) is 6. The van der Waals surface area contributed by atoms with E-state index in [1.807, 2.05) is 6.08 Å². The molecule has 0 aromatic rings. The lowest BCUT2D eigenvalue weighted by atomic mass is 9.86. The van der Waals surface area contributed by atoms with Crippen LogP contribution in [0.25, 0.3) is 0 Å². The van der Waals surface area contributed by atoms with Gasteiger partial charge < -0.3 is 19.1 Å². The van der Waals surface area contributed by atoms with Crippen LogP contribution in [0.4, 0.5) is 0 Å². The Hall–Kier alpha value is -1.66. The van der Waals surface area contributed by atoms with Crippen LogP contribution in [0.3, 0.4) is 0 Å². The van der Waals surface area contributed by atoms with E-state index < -0.39 is 5.60 Å². The molecule has 6 heteroatoms. The Labute approximate surface area is 195 Å². The second-order valence-corrected chi connectivity index (χ2v) is 9.82. The molecular weight excluding hydrogens is 406 g/mol. The number of allylic oxidation sites excluding steroid dienone is 1. The summed E-state index contributed by atoms with van der Waals surface area (Å²) in [6, 6.07) is 0.493. The van der Waals surface area contributed by atoms with Crippen LogP contribution >= 0.6 is 0 Å². The van der Waals surface area contributed by atoms with Gasteiger partial charge in [-0.25, -0.2) is 0 Å². The molecule has 0 bridgehead atoms. The summed E-state index contributed by atoms with van der Waals surface area (Å²) in [6.07, 6.45) is 9.37. The highest BCUT2D eigenvalue weighted by molar-refractivity contribution is 5.66. The van der Waals surface area contributed by atoms with E-state index in [9.17, 15) is 9.59 Å². The van der Waals surface area contributed by atoms with Gasteiger partial charge in [-0.1, -0.05) is 25.0 Å². The van der Waals surface area contributed by atoms with Crippen molar-refractivity contribution in [1.82, 2.24) is 4.90 Å². The van der Waals surface area contributed by atoms with Gasteiger partial charge >= 0.3 is 11.9 Å². The molecular formula is C26H45NO5. The fraction of sp³-hybridized carbons (Fsp3) is 0.769. The van der Waals surface area contributed by atoms with Crippen molar-refractivity contribution in [3.05, 3.63) is 23.3 Å². The average molecular weight is 452 g/mol. The SMILES string of the molecule is CC(=O)OCC=C1CC[C@@H](OC(C)=O)[C@](C)(CCCC(C)C(CC=C(C)C)N(C)C)OC1. The van der Waals surface area contributed by atoms with Crippen LogP contribution < -0.4 is 0 Å². The molecule has 1 aliphatic heterocycles. The zero-order valence-electron chi connectivity index (χ0n) is 21.5. The number of hydrogen-bond donors (Lipinski definition) is 0. The van der Waals surface area contributed by atoms with E-state index in [0.29, 0.717) is 25.0 Å². The summed E-state index contributed by atoms with van der Waals surface area (Å²) in [6.45, 7) is 12.2. The number of carbonyl (C=O) groups excluding carboxylic acids is 2. The summed E-state index contributed by atoms with van der Waals surface area (Å²) < 4.78 is 17.1. The first-order valence-electron chi connectivity index (χ1n) is 11.9. The second kappa shape index (κ2) is 13.8. The van der Waals surface area contributed by atoms with Crippen LogP contribution in [0.2, 0.25) is 0 Å². The predicted octanol–water partition coefficient (Wildman–Crippen LogP) is 5.07. The highest BCUT2D eigenvalue weighted by atomic mass is 16.6. The molecule has 4 atom stereocenters. The molecule has 0 amide bonds. The maximum absolute atomic E-state index is 11.8. The molecule has 0 N–H and O–H groups in total. The number of carbonyl (C=O) groups is 2. The van der Waals surface area contributed by atoms with E-state index in [2.05, 4.69) is 52.8 Å².